The van der Waals surface area contributed by atoms with E-state index in [1.54, 1.807) is 18.1 Å². The Morgan fingerprint density at radius 3 is 2.54 bits per heavy atom. The SMILES string of the molecule is CSc1ccc(CN2CCCC(N(C)c3cc(N(C)C)ncn3)C2)cc1. The molecule has 1 atom stereocenters. The zero-order valence-electron chi connectivity index (χ0n) is 16.2. The Bertz CT molecular complexity index is 704. The number of rotatable bonds is 6. The molecule has 3 rings (SSSR count). The number of piperidine rings is 1. The first-order valence-electron chi connectivity index (χ1n) is 9.14. The van der Waals surface area contributed by atoms with E-state index in [0.717, 1.165) is 24.7 Å². The summed E-state index contributed by atoms with van der Waals surface area (Å²) < 4.78 is 0. The molecule has 6 heteroatoms. The third-order valence-corrected chi connectivity index (χ3v) is 5.79. The van der Waals surface area contributed by atoms with Crippen LogP contribution in [0.5, 0.6) is 0 Å². The van der Waals surface area contributed by atoms with Gasteiger partial charge in [-0.3, -0.25) is 4.90 Å². The van der Waals surface area contributed by atoms with Crippen LogP contribution in [0.2, 0.25) is 0 Å². The van der Waals surface area contributed by atoms with Crippen LogP contribution in [0.3, 0.4) is 0 Å². The van der Waals surface area contributed by atoms with Crippen LogP contribution in [0.4, 0.5) is 11.6 Å². The molecule has 1 unspecified atom stereocenters. The van der Waals surface area contributed by atoms with Crippen LogP contribution in [0.25, 0.3) is 0 Å². The summed E-state index contributed by atoms with van der Waals surface area (Å²) in [6.45, 7) is 3.26. The van der Waals surface area contributed by atoms with Gasteiger partial charge in [-0.25, -0.2) is 9.97 Å². The molecule has 1 aliphatic heterocycles. The maximum atomic E-state index is 4.49. The van der Waals surface area contributed by atoms with Gasteiger partial charge in [0.2, 0.25) is 0 Å². The quantitative estimate of drug-likeness (QED) is 0.725. The molecule has 140 valence electrons. The van der Waals surface area contributed by atoms with E-state index in [1.165, 1.54) is 29.8 Å². The van der Waals surface area contributed by atoms with Crippen molar-refractivity contribution in [1.82, 2.24) is 14.9 Å². The van der Waals surface area contributed by atoms with E-state index in [1.807, 2.05) is 19.0 Å². The molecule has 0 bridgehead atoms. The van der Waals surface area contributed by atoms with E-state index in [4.69, 9.17) is 0 Å². The van der Waals surface area contributed by atoms with Crippen molar-refractivity contribution in [1.29, 1.82) is 0 Å². The smallest absolute Gasteiger partial charge is 0.134 e. The number of aromatic nitrogens is 2. The fraction of sp³-hybridized carbons (Fsp3) is 0.500. The van der Waals surface area contributed by atoms with Crippen LogP contribution in [0.1, 0.15) is 18.4 Å². The predicted octanol–water partition coefficient (Wildman–Crippen LogP) is 3.37. The summed E-state index contributed by atoms with van der Waals surface area (Å²) in [6, 6.07) is 11.5. The lowest BCUT2D eigenvalue weighted by atomic mass is 10.0. The number of likely N-dealkylation sites (tertiary alicyclic amines) is 1. The molecular formula is C20H29N5S. The highest BCUT2D eigenvalue weighted by Gasteiger charge is 2.24. The molecule has 5 nitrogen and oxygen atoms in total. The lowest BCUT2D eigenvalue weighted by Gasteiger charge is -2.38. The fourth-order valence-electron chi connectivity index (χ4n) is 3.44. The average Bonchev–Trinajstić information content (AvgIpc) is 2.68. The molecule has 1 saturated heterocycles. The molecule has 0 aliphatic carbocycles. The number of likely N-dealkylation sites (N-methyl/N-ethyl adjacent to an activating group) is 1. The molecule has 26 heavy (non-hydrogen) atoms. The second-order valence-corrected chi connectivity index (χ2v) is 8.00. The Labute approximate surface area is 161 Å². The van der Waals surface area contributed by atoms with Crippen molar-refractivity contribution in [3.05, 3.63) is 42.2 Å². The molecule has 1 aromatic carbocycles. The summed E-state index contributed by atoms with van der Waals surface area (Å²) >= 11 is 1.79. The minimum atomic E-state index is 0.485. The maximum Gasteiger partial charge on any atom is 0.134 e. The second kappa shape index (κ2) is 8.73. The maximum absolute atomic E-state index is 4.49. The highest BCUT2D eigenvalue weighted by atomic mass is 32.2. The van der Waals surface area contributed by atoms with Gasteiger partial charge >= 0.3 is 0 Å². The zero-order chi connectivity index (χ0) is 18.5. The standard InChI is InChI=1S/C20H29N5S/c1-23(2)19-12-20(22-15-21-19)24(3)17-6-5-11-25(14-17)13-16-7-9-18(26-4)10-8-16/h7-10,12,15,17H,5-6,11,13-14H2,1-4H3. The summed E-state index contributed by atoms with van der Waals surface area (Å²) in [5.74, 6) is 1.95. The molecule has 0 radical (unpaired) electrons. The van der Waals surface area contributed by atoms with Gasteiger partial charge in [-0.05, 0) is 43.3 Å². The predicted molar refractivity (Wildman–Crippen MR) is 111 cm³/mol. The van der Waals surface area contributed by atoms with Gasteiger partial charge in [0.1, 0.15) is 18.0 Å². The molecule has 2 heterocycles. The van der Waals surface area contributed by atoms with Gasteiger partial charge in [0.15, 0.2) is 0 Å². The highest BCUT2D eigenvalue weighted by Crippen LogP contribution is 2.23. The molecule has 0 amide bonds. The lowest BCUT2D eigenvalue weighted by Crippen LogP contribution is -2.46. The van der Waals surface area contributed by atoms with Gasteiger partial charge in [0.05, 0.1) is 0 Å². The summed E-state index contributed by atoms with van der Waals surface area (Å²) in [5, 5.41) is 0. The van der Waals surface area contributed by atoms with E-state index in [2.05, 4.69) is 63.4 Å². The van der Waals surface area contributed by atoms with Crippen LogP contribution >= 0.6 is 11.8 Å². The van der Waals surface area contributed by atoms with Crippen molar-refractivity contribution in [3.8, 4) is 0 Å². The number of hydrogen-bond donors (Lipinski definition) is 0. The number of benzene rings is 1. The largest absolute Gasteiger partial charge is 0.363 e. The van der Waals surface area contributed by atoms with Gasteiger partial charge in [-0.1, -0.05) is 12.1 Å². The van der Waals surface area contributed by atoms with E-state index in [0.29, 0.717) is 6.04 Å². The summed E-state index contributed by atoms with van der Waals surface area (Å²) in [7, 11) is 6.18. The Kier molecular flexibility index (Phi) is 6.38. The van der Waals surface area contributed by atoms with Crippen LogP contribution in [0, 0.1) is 0 Å². The third-order valence-electron chi connectivity index (χ3n) is 5.05. The molecule has 1 fully saturated rings. The van der Waals surface area contributed by atoms with Crippen LogP contribution < -0.4 is 9.80 Å². The molecule has 1 aliphatic rings. The lowest BCUT2D eigenvalue weighted by molar-refractivity contribution is 0.198. The Morgan fingerprint density at radius 1 is 1.12 bits per heavy atom. The van der Waals surface area contributed by atoms with Crippen molar-refractivity contribution in [2.75, 3.05) is 50.3 Å². The van der Waals surface area contributed by atoms with Gasteiger partial charge in [-0.2, -0.15) is 0 Å². The van der Waals surface area contributed by atoms with Crippen molar-refractivity contribution >= 4 is 23.4 Å². The molecular weight excluding hydrogens is 342 g/mol. The van der Waals surface area contributed by atoms with Gasteiger partial charge in [0, 0.05) is 51.2 Å². The minimum absolute atomic E-state index is 0.485. The minimum Gasteiger partial charge on any atom is -0.363 e. The number of anilines is 2. The summed E-state index contributed by atoms with van der Waals surface area (Å²) in [6.07, 6.45) is 6.22. The van der Waals surface area contributed by atoms with Crippen molar-refractivity contribution in [3.63, 3.8) is 0 Å². The number of hydrogen-bond acceptors (Lipinski definition) is 6. The zero-order valence-corrected chi connectivity index (χ0v) is 17.0. The van der Waals surface area contributed by atoms with Crippen molar-refractivity contribution in [2.24, 2.45) is 0 Å². The van der Waals surface area contributed by atoms with E-state index in [9.17, 15) is 0 Å². The summed E-state index contributed by atoms with van der Waals surface area (Å²) in [5.41, 5.74) is 1.39. The first kappa shape index (κ1) is 19.0. The van der Waals surface area contributed by atoms with Crippen molar-refractivity contribution in [2.45, 2.75) is 30.3 Å². The Balaban J connectivity index is 1.64. The molecule has 0 spiro atoms. The van der Waals surface area contributed by atoms with Crippen LogP contribution in [0.15, 0.2) is 41.6 Å². The second-order valence-electron chi connectivity index (χ2n) is 7.12. The average molecular weight is 372 g/mol. The Morgan fingerprint density at radius 2 is 1.85 bits per heavy atom. The molecule has 0 saturated carbocycles. The molecule has 1 aromatic heterocycles. The van der Waals surface area contributed by atoms with E-state index >= 15 is 0 Å². The first-order valence-corrected chi connectivity index (χ1v) is 10.4. The van der Waals surface area contributed by atoms with Gasteiger partial charge in [-0.15, -0.1) is 11.8 Å². The highest BCUT2D eigenvalue weighted by molar-refractivity contribution is 7.98. The fourth-order valence-corrected chi connectivity index (χ4v) is 3.85. The van der Waals surface area contributed by atoms with E-state index in [-0.39, 0.29) is 0 Å². The number of thioether (sulfide) groups is 1. The van der Waals surface area contributed by atoms with Crippen LogP contribution in [-0.2, 0) is 6.54 Å². The molecule has 2 aromatic rings. The monoisotopic (exact) mass is 371 g/mol. The van der Waals surface area contributed by atoms with Gasteiger partial charge < -0.3 is 9.80 Å². The first-order chi connectivity index (χ1) is 12.6. The third kappa shape index (κ3) is 4.68. The van der Waals surface area contributed by atoms with Crippen molar-refractivity contribution < 1.29 is 0 Å². The van der Waals surface area contributed by atoms with Crippen LogP contribution in [-0.4, -0.2) is 61.4 Å². The Hall–Kier alpha value is -1.79. The number of nitrogens with zero attached hydrogens (tertiary/aromatic N) is 5. The topological polar surface area (TPSA) is 35.5 Å². The van der Waals surface area contributed by atoms with Gasteiger partial charge in [0.25, 0.3) is 0 Å². The van der Waals surface area contributed by atoms with E-state index < -0.39 is 0 Å². The molecule has 0 N–H and O–H groups in total. The summed E-state index contributed by atoms with van der Waals surface area (Å²) in [4.78, 5) is 17.0. The normalized spacial score (nSPS) is 17.9.